The van der Waals surface area contributed by atoms with Crippen LogP contribution in [0.15, 0.2) is 0 Å². The number of rotatable bonds is 4. The van der Waals surface area contributed by atoms with E-state index in [9.17, 15) is 9.90 Å². The molecule has 4 heteroatoms. The van der Waals surface area contributed by atoms with Crippen molar-refractivity contribution in [1.29, 1.82) is 0 Å². The Bertz CT molecular complexity index is 312. The van der Waals surface area contributed by atoms with Gasteiger partial charge in [0.15, 0.2) is 0 Å². The van der Waals surface area contributed by atoms with Gasteiger partial charge >= 0.3 is 0 Å². The number of carbonyl (C=O) groups is 1. The molecule has 1 aliphatic heterocycles. The molecule has 1 heterocycles. The Morgan fingerprint density at radius 3 is 2.50 bits per heavy atom. The van der Waals surface area contributed by atoms with Gasteiger partial charge in [0, 0.05) is 6.04 Å². The summed E-state index contributed by atoms with van der Waals surface area (Å²) in [5.41, 5.74) is 0. The third-order valence-electron chi connectivity index (χ3n) is 5.14. The second-order valence-corrected chi connectivity index (χ2v) is 6.79. The predicted octanol–water partition coefficient (Wildman–Crippen LogP) is 1.77. The van der Waals surface area contributed by atoms with E-state index in [1.165, 1.54) is 19.3 Å². The molecule has 0 aromatic rings. The van der Waals surface area contributed by atoms with Gasteiger partial charge in [0.25, 0.3) is 0 Å². The molecule has 4 nitrogen and oxygen atoms in total. The van der Waals surface area contributed by atoms with Crippen LogP contribution in [0.2, 0.25) is 0 Å². The number of aliphatic hydroxyl groups excluding tert-OH is 1. The predicted molar refractivity (Wildman–Crippen MR) is 80.4 cm³/mol. The van der Waals surface area contributed by atoms with Gasteiger partial charge in [0.1, 0.15) is 0 Å². The van der Waals surface area contributed by atoms with Crippen molar-refractivity contribution in [2.24, 2.45) is 11.8 Å². The Kier molecular flexibility index (Phi) is 5.85. The van der Waals surface area contributed by atoms with Gasteiger partial charge in [-0.3, -0.25) is 9.69 Å². The van der Waals surface area contributed by atoms with E-state index in [4.69, 9.17) is 0 Å². The number of hydrogen-bond acceptors (Lipinski definition) is 3. The van der Waals surface area contributed by atoms with Crippen LogP contribution in [0.4, 0.5) is 0 Å². The van der Waals surface area contributed by atoms with E-state index in [0.717, 1.165) is 32.4 Å². The third-order valence-corrected chi connectivity index (χ3v) is 5.14. The largest absolute Gasteiger partial charge is 0.393 e. The van der Waals surface area contributed by atoms with E-state index < -0.39 is 0 Å². The first-order valence-corrected chi connectivity index (χ1v) is 8.26. The molecular formula is C16H30N2O2. The van der Waals surface area contributed by atoms with Crippen molar-refractivity contribution in [2.45, 2.75) is 64.5 Å². The molecule has 2 fully saturated rings. The molecule has 0 spiro atoms. The van der Waals surface area contributed by atoms with Crippen LogP contribution < -0.4 is 5.32 Å². The Hall–Kier alpha value is -0.610. The molecular weight excluding hydrogens is 252 g/mol. The number of nitrogens with one attached hydrogen (secondary N) is 1. The Morgan fingerprint density at radius 1 is 1.25 bits per heavy atom. The van der Waals surface area contributed by atoms with E-state index in [2.05, 4.69) is 17.1 Å². The summed E-state index contributed by atoms with van der Waals surface area (Å²) in [6.45, 7) is 6.51. The van der Waals surface area contributed by atoms with Crippen molar-refractivity contribution in [2.75, 3.05) is 19.6 Å². The van der Waals surface area contributed by atoms with Crippen LogP contribution in [-0.2, 0) is 4.79 Å². The first-order valence-electron chi connectivity index (χ1n) is 8.26. The molecule has 2 N–H and O–H groups in total. The highest BCUT2D eigenvalue weighted by Gasteiger charge is 2.26. The van der Waals surface area contributed by atoms with Gasteiger partial charge in [0.05, 0.1) is 12.6 Å². The highest BCUT2D eigenvalue weighted by molar-refractivity contribution is 5.78. The zero-order valence-electron chi connectivity index (χ0n) is 13.0. The molecule has 116 valence electrons. The molecule has 1 aliphatic carbocycles. The van der Waals surface area contributed by atoms with Crippen molar-refractivity contribution >= 4 is 5.91 Å². The summed E-state index contributed by atoms with van der Waals surface area (Å²) >= 11 is 0. The summed E-state index contributed by atoms with van der Waals surface area (Å²) in [6.07, 6.45) is 6.72. The first kappa shape index (κ1) is 15.8. The smallest absolute Gasteiger partial charge is 0.234 e. The lowest BCUT2D eigenvalue weighted by atomic mass is 9.86. The summed E-state index contributed by atoms with van der Waals surface area (Å²) < 4.78 is 0. The summed E-state index contributed by atoms with van der Waals surface area (Å²) in [5, 5.41) is 12.8. The molecule has 20 heavy (non-hydrogen) atoms. The molecule has 1 saturated heterocycles. The van der Waals surface area contributed by atoms with Crippen LogP contribution in [-0.4, -0.2) is 47.7 Å². The van der Waals surface area contributed by atoms with Gasteiger partial charge in [-0.2, -0.15) is 0 Å². The number of hydrogen-bond donors (Lipinski definition) is 2. The fourth-order valence-corrected chi connectivity index (χ4v) is 3.58. The zero-order valence-corrected chi connectivity index (χ0v) is 13.0. The van der Waals surface area contributed by atoms with Crippen LogP contribution >= 0.6 is 0 Å². The minimum atomic E-state index is -0.214. The van der Waals surface area contributed by atoms with Gasteiger partial charge in [0.2, 0.25) is 5.91 Å². The maximum atomic E-state index is 12.1. The van der Waals surface area contributed by atoms with E-state index in [1.807, 2.05) is 6.92 Å². The average Bonchev–Trinajstić information content (AvgIpc) is 2.42. The zero-order chi connectivity index (χ0) is 14.5. The van der Waals surface area contributed by atoms with Gasteiger partial charge < -0.3 is 10.4 Å². The Balaban J connectivity index is 1.70. The van der Waals surface area contributed by atoms with Gasteiger partial charge in [-0.25, -0.2) is 0 Å². The highest BCUT2D eigenvalue weighted by Crippen LogP contribution is 2.24. The minimum absolute atomic E-state index is 0.180. The second-order valence-electron chi connectivity index (χ2n) is 6.79. The number of nitrogens with zero attached hydrogens (tertiary/aromatic N) is 1. The minimum Gasteiger partial charge on any atom is -0.393 e. The number of aliphatic hydroxyl groups is 1. The van der Waals surface area contributed by atoms with Gasteiger partial charge in [-0.05, 0) is 57.5 Å². The molecule has 3 atom stereocenters. The quantitative estimate of drug-likeness (QED) is 0.826. The molecule has 1 saturated carbocycles. The van der Waals surface area contributed by atoms with E-state index in [1.54, 1.807) is 0 Å². The third kappa shape index (κ3) is 4.45. The lowest BCUT2D eigenvalue weighted by Gasteiger charge is -2.34. The number of carbonyl (C=O) groups excluding carboxylic acids is 1. The summed E-state index contributed by atoms with van der Waals surface area (Å²) in [5.74, 6) is 1.21. The standard InChI is InChI=1S/C16H30N2O2/c1-12-5-3-4-6-15(12)17-16(20)11-18-9-7-14(8-10-18)13(2)19/h12-15,19H,3-11H2,1-2H3,(H,17,20)/t12-,13-,15-/m0/s1. The fourth-order valence-electron chi connectivity index (χ4n) is 3.58. The molecule has 0 unspecified atom stereocenters. The van der Waals surface area contributed by atoms with Crippen molar-refractivity contribution in [3.05, 3.63) is 0 Å². The van der Waals surface area contributed by atoms with Crippen molar-refractivity contribution < 1.29 is 9.90 Å². The molecule has 0 radical (unpaired) electrons. The molecule has 2 rings (SSSR count). The summed E-state index contributed by atoms with van der Waals surface area (Å²) in [4.78, 5) is 14.4. The maximum absolute atomic E-state index is 12.1. The molecule has 1 amide bonds. The van der Waals surface area contributed by atoms with Crippen LogP contribution in [0.25, 0.3) is 0 Å². The van der Waals surface area contributed by atoms with Crippen LogP contribution in [0, 0.1) is 11.8 Å². The Morgan fingerprint density at radius 2 is 1.90 bits per heavy atom. The van der Waals surface area contributed by atoms with Crippen molar-refractivity contribution in [3.8, 4) is 0 Å². The molecule has 2 aliphatic rings. The normalized spacial score (nSPS) is 30.9. The molecule has 0 aromatic heterocycles. The lowest BCUT2D eigenvalue weighted by molar-refractivity contribution is -0.124. The number of amides is 1. The van der Waals surface area contributed by atoms with E-state index >= 15 is 0 Å². The first-order chi connectivity index (χ1) is 9.56. The second kappa shape index (κ2) is 7.41. The summed E-state index contributed by atoms with van der Waals surface area (Å²) in [7, 11) is 0. The fraction of sp³-hybridized carbons (Fsp3) is 0.938. The van der Waals surface area contributed by atoms with Crippen LogP contribution in [0.1, 0.15) is 52.4 Å². The summed E-state index contributed by atoms with van der Waals surface area (Å²) in [6, 6.07) is 0.381. The molecule has 0 aromatic carbocycles. The topological polar surface area (TPSA) is 52.6 Å². The SMILES string of the molecule is C[C@H](O)C1CCN(CC(=O)N[C@H]2CCCC[C@@H]2C)CC1. The Labute approximate surface area is 122 Å². The monoisotopic (exact) mass is 282 g/mol. The number of piperidine rings is 1. The number of likely N-dealkylation sites (tertiary alicyclic amines) is 1. The van der Waals surface area contributed by atoms with Crippen LogP contribution in [0.5, 0.6) is 0 Å². The van der Waals surface area contributed by atoms with Gasteiger partial charge in [-0.15, -0.1) is 0 Å². The highest BCUT2D eigenvalue weighted by atomic mass is 16.3. The maximum Gasteiger partial charge on any atom is 0.234 e. The van der Waals surface area contributed by atoms with Crippen molar-refractivity contribution in [1.82, 2.24) is 10.2 Å². The average molecular weight is 282 g/mol. The molecule has 0 bridgehead atoms. The van der Waals surface area contributed by atoms with Crippen LogP contribution in [0.3, 0.4) is 0 Å². The van der Waals surface area contributed by atoms with E-state index in [0.29, 0.717) is 24.4 Å². The van der Waals surface area contributed by atoms with Crippen molar-refractivity contribution in [3.63, 3.8) is 0 Å². The lowest BCUT2D eigenvalue weighted by Crippen LogP contribution is -2.47. The van der Waals surface area contributed by atoms with Gasteiger partial charge in [-0.1, -0.05) is 19.8 Å². The van der Waals surface area contributed by atoms with E-state index in [-0.39, 0.29) is 12.0 Å².